The first-order valence-corrected chi connectivity index (χ1v) is 32.3. The van der Waals surface area contributed by atoms with Crippen LogP contribution in [0, 0.1) is 50.2 Å². The molecule has 0 aromatic heterocycles. The molecule has 29 atom stereocenters. The van der Waals surface area contributed by atoms with Gasteiger partial charge in [-0.2, -0.15) is 0 Å². The molecule has 4 saturated heterocycles. The minimum absolute atomic E-state index is 0.0527. The van der Waals surface area contributed by atoms with Crippen LogP contribution in [0.1, 0.15) is 141 Å². The third kappa shape index (κ3) is 12.2. The lowest BCUT2D eigenvalue weighted by atomic mass is 9.33. The number of ether oxygens (including phenoxy) is 11. The normalized spacial score (nSPS) is 48.4. The summed E-state index contributed by atoms with van der Waals surface area (Å²) in [6.07, 6.45) is -26.4. The number of carboxylic acid groups (broad SMARTS) is 1. The third-order valence-electron chi connectivity index (χ3n) is 23.6. The number of fused-ring (bicyclic) bond motifs is 7. The molecular formula is C65H100O27. The summed E-state index contributed by atoms with van der Waals surface area (Å²) in [5.74, 6) is -7.49. The van der Waals surface area contributed by atoms with Crippen LogP contribution < -0.4 is 0 Å². The molecule has 522 valence electrons. The molecule has 4 saturated carbocycles. The zero-order chi connectivity index (χ0) is 68.1. The van der Waals surface area contributed by atoms with Crippen LogP contribution in [0.4, 0.5) is 0 Å². The number of aliphatic hydroxyl groups excluding tert-OH is 10. The fourth-order valence-corrected chi connectivity index (χ4v) is 17.9. The van der Waals surface area contributed by atoms with Gasteiger partial charge in [0.2, 0.25) is 5.79 Å². The van der Waals surface area contributed by atoms with E-state index in [1.807, 2.05) is 27.7 Å². The molecule has 4 aliphatic heterocycles. The lowest BCUT2D eigenvalue weighted by Crippen LogP contribution is -2.73. The van der Waals surface area contributed by atoms with Crippen molar-refractivity contribution < 1.29 is 133 Å². The second kappa shape index (κ2) is 26.6. The topological polar surface area (TPSA) is 413 Å². The average Bonchev–Trinajstić information content (AvgIpc) is 0.727. The van der Waals surface area contributed by atoms with Gasteiger partial charge in [0, 0.05) is 24.5 Å². The Labute approximate surface area is 535 Å². The van der Waals surface area contributed by atoms with Crippen molar-refractivity contribution in [3.8, 4) is 0 Å². The van der Waals surface area contributed by atoms with E-state index in [-0.39, 0.29) is 35.8 Å². The predicted octanol–water partition coefficient (Wildman–Crippen LogP) is 1.06. The maximum absolute atomic E-state index is 13.5. The molecule has 0 spiro atoms. The Morgan fingerprint density at radius 1 is 0.620 bits per heavy atom. The summed E-state index contributed by atoms with van der Waals surface area (Å²) in [6.45, 7) is 21.4. The molecule has 10 unspecified atom stereocenters. The molecule has 27 heteroatoms. The summed E-state index contributed by atoms with van der Waals surface area (Å²) >= 11 is 0. The number of hydrogen-bond donors (Lipinski definition) is 12. The van der Waals surface area contributed by atoms with E-state index in [2.05, 4.69) is 26.8 Å². The summed E-state index contributed by atoms with van der Waals surface area (Å²) < 4.78 is 67.6. The van der Waals surface area contributed by atoms with Gasteiger partial charge in [-0.15, -0.1) is 0 Å². The number of aliphatic carboxylic acids is 1. The minimum atomic E-state index is -2.90. The summed E-state index contributed by atoms with van der Waals surface area (Å²) in [6, 6.07) is 0. The van der Waals surface area contributed by atoms with Gasteiger partial charge in [0.1, 0.15) is 61.0 Å². The van der Waals surface area contributed by atoms with Crippen molar-refractivity contribution in [1.82, 2.24) is 0 Å². The van der Waals surface area contributed by atoms with Crippen LogP contribution in [-0.2, 0) is 71.3 Å². The van der Waals surface area contributed by atoms with Gasteiger partial charge in [-0.3, -0.25) is 4.79 Å². The van der Waals surface area contributed by atoms with Crippen LogP contribution in [0.15, 0.2) is 34.9 Å². The molecule has 0 aromatic rings. The largest absolute Gasteiger partial charge is 0.479 e. The molecule has 4 heterocycles. The smallest absolute Gasteiger partial charge is 0.333 e. The molecular weight excluding hydrogens is 1210 g/mol. The SMILES string of the molecule is C/C=C(/C)C(=O)O[C@@H]1C(O)[C@H](O[C@H]2[C@H](OC(C)=O)[C@@]3(CO)C(CC2(C)C)C2=CCC4[C@@]5(C)CC[C@H](O[C@@H]6OC(C(=O)O)C[C@@](O)(O[C@@H]7O[C@@H](CO)[C@@H](O)C7O)C6O[C@@H]6OC(CO)[C@H](O)[C@@H](O)C6O)C(C)(C)C5CC[C@@]4(C)[C@]2(C)C[C@H]3O)OC(C)[C@@H]1OC(=O)/C(C)=C\C. The van der Waals surface area contributed by atoms with Crippen molar-refractivity contribution in [2.45, 2.75) is 276 Å². The van der Waals surface area contributed by atoms with Crippen molar-refractivity contribution in [1.29, 1.82) is 0 Å². The fraction of sp³-hybridized carbons (Fsp3) is 0.846. The van der Waals surface area contributed by atoms with E-state index in [4.69, 9.17) is 52.1 Å². The molecule has 12 N–H and O–H groups in total. The summed E-state index contributed by atoms with van der Waals surface area (Å²) in [7, 11) is 0. The van der Waals surface area contributed by atoms with Crippen molar-refractivity contribution in [2.24, 2.45) is 50.2 Å². The van der Waals surface area contributed by atoms with E-state index < -0.39 is 223 Å². The van der Waals surface area contributed by atoms with Gasteiger partial charge in [0.25, 0.3) is 0 Å². The van der Waals surface area contributed by atoms with Crippen molar-refractivity contribution in [3.63, 3.8) is 0 Å². The minimum Gasteiger partial charge on any atom is -0.479 e. The zero-order valence-corrected chi connectivity index (χ0v) is 54.9. The Hall–Kier alpha value is -3.66. The van der Waals surface area contributed by atoms with Crippen LogP contribution in [0.3, 0.4) is 0 Å². The molecule has 9 aliphatic rings. The van der Waals surface area contributed by atoms with E-state index >= 15 is 0 Å². The maximum Gasteiger partial charge on any atom is 0.333 e. The van der Waals surface area contributed by atoms with Crippen LogP contribution >= 0.6 is 0 Å². The summed E-state index contributed by atoms with van der Waals surface area (Å²) in [5.41, 5.74) is -3.60. The van der Waals surface area contributed by atoms with Crippen LogP contribution in [-0.4, -0.2) is 240 Å². The van der Waals surface area contributed by atoms with Crippen molar-refractivity contribution in [2.75, 3.05) is 19.8 Å². The Morgan fingerprint density at radius 3 is 1.76 bits per heavy atom. The Kier molecular flexibility index (Phi) is 21.0. The summed E-state index contributed by atoms with van der Waals surface area (Å²) in [5, 5.41) is 135. The molecule has 0 bridgehead atoms. The van der Waals surface area contributed by atoms with Crippen LogP contribution in [0.25, 0.3) is 0 Å². The number of carboxylic acids is 1. The Morgan fingerprint density at radius 2 is 1.18 bits per heavy atom. The number of carbonyl (C=O) groups excluding carboxylic acids is 3. The molecule has 8 fully saturated rings. The number of hydrogen-bond acceptors (Lipinski definition) is 26. The molecule has 27 nitrogen and oxygen atoms in total. The van der Waals surface area contributed by atoms with E-state index in [9.17, 15) is 80.5 Å². The molecule has 0 aromatic carbocycles. The van der Waals surface area contributed by atoms with Crippen LogP contribution in [0.5, 0.6) is 0 Å². The van der Waals surface area contributed by atoms with E-state index in [0.29, 0.717) is 32.1 Å². The lowest BCUT2D eigenvalue weighted by Gasteiger charge is -2.72. The highest BCUT2D eigenvalue weighted by molar-refractivity contribution is 5.88. The van der Waals surface area contributed by atoms with E-state index in [1.165, 1.54) is 19.9 Å². The van der Waals surface area contributed by atoms with Crippen molar-refractivity contribution in [3.05, 3.63) is 34.9 Å². The highest BCUT2D eigenvalue weighted by Crippen LogP contribution is 2.76. The summed E-state index contributed by atoms with van der Waals surface area (Å²) in [4.78, 5) is 53.0. The second-order valence-corrected chi connectivity index (χ2v) is 29.4. The zero-order valence-electron chi connectivity index (χ0n) is 54.9. The van der Waals surface area contributed by atoms with Gasteiger partial charge in [-0.05, 0) is 124 Å². The number of allylic oxidation sites excluding steroid dienone is 4. The quantitative estimate of drug-likeness (QED) is 0.0242. The predicted molar refractivity (Wildman–Crippen MR) is 316 cm³/mol. The highest BCUT2D eigenvalue weighted by atomic mass is 16.8. The number of esters is 3. The Balaban J connectivity index is 1.01. The van der Waals surface area contributed by atoms with Gasteiger partial charge in [-0.25, -0.2) is 14.4 Å². The van der Waals surface area contributed by atoms with Crippen molar-refractivity contribution >= 4 is 23.9 Å². The van der Waals surface area contributed by atoms with E-state index in [1.54, 1.807) is 33.8 Å². The number of carbonyl (C=O) groups is 4. The number of aliphatic hydroxyl groups is 11. The molecule has 9 rings (SSSR count). The fourth-order valence-electron chi connectivity index (χ4n) is 17.9. The first-order valence-electron chi connectivity index (χ1n) is 32.3. The second-order valence-electron chi connectivity index (χ2n) is 29.4. The van der Waals surface area contributed by atoms with Gasteiger partial charge < -0.3 is 113 Å². The lowest BCUT2D eigenvalue weighted by molar-refractivity contribution is -0.432. The molecule has 0 radical (unpaired) electrons. The number of rotatable bonds is 17. The molecule has 92 heavy (non-hydrogen) atoms. The highest BCUT2D eigenvalue weighted by Gasteiger charge is 2.74. The van der Waals surface area contributed by atoms with Crippen LogP contribution in [0.2, 0.25) is 0 Å². The average molecular weight is 1310 g/mol. The maximum atomic E-state index is 13.5. The standard InChI is InChI=1S/C65H100O27/c1-14-28(3)53(79)88-47-30(5)82-56(46(76)48(47)89-54(80)29(4)15-2)90-49-50(83-31(6)69)64(27-68)33(22-59(49,7)8)32-16-17-38-61(11)20-19-40(60(9,10)37(61)18-21-62(38,12)63(32,13)24-39(64)70)87-58-51(91-55-45(75)43(73)41(71)35(25-66)85-55)65(81,23-34(84-58)52(77)78)92-57-44(74)42(72)36(26-67)86-57/h14-16,30,33-51,55-58,66-68,70-76,81H,17-27H2,1-13H3,(H,77,78)/b28-14-,29-15-/t30?,33?,34?,35?,36-,37?,38?,39+,40-,41-,42+,43+,44?,45?,46?,47-,48+,49-,50-,51?,55-,56-,57-,58-,61-,62+,63+,64-,65+/m0/s1. The van der Waals surface area contributed by atoms with Gasteiger partial charge >= 0.3 is 23.9 Å². The Bertz CT molecular complexity index is 2810. The monoisotopic (exact) mass is 1310 g/mol. The first-order chi connectivity index (χ1) is 42.9. The van der Waals surface area contributed by atoms with E-state index in [0.717, 1.165) is 5.57 Å². The van der Waals surface area contributed by atoms with Gasteiger partial charge in [-0.1, -0.05) is 72.3 Å². The molecule has 0 amide bonds. The van der Waals surface area contributed by atoms with Gasteiger partial charge in [0.05, 0.1) is 43.5 Å². The molecule has 5 aliphatic carbocycles. The van der Waals surface area contributed by atoms with Gasteiger partial charge in [0.15, 0.2) is 49.6 Å². The third-order valence-corrected chi connectivity index (χ3v) is 23.6. The first kappa shape index (κ1) is 72.6.